The zero-order valence-electron chi connectivity index (χ0n) is 13.3. The van der Waals surface area contributed by atoms with Crippen molar-refractivity contribution in [2.24, 2.45) is 11.3 Å². The maximum Gasteiger partial charge on any atom is 0.246 e. The van der Waals surface area contributed by atoms with E-state index in [4.69, 9.17) is 0 Å². The molecule has 0 radical (unpaired) electrons. The lowest BCUT2D eigenvalue weighted by Gasteiger charge is -2.47. The first-order valence-corrected chi connectivity index (χ1v) is 7.10. The van der Waals surface area contributed by atoms with E-state index in [2.05, 4.69) is 19.2 Å². The van der Waals surface area contributed by atoms with E-state index in [1.807, 2.05) is 34.6 Å². The van der Waals surface area contributed by atoms with Crippen molar-refractivity contribution in [3.8, 4) is 0 Å². The van der Waals surface area contributed by atoms with Crippen LogP contribution in [-0.4, -0.2) is 34.8 Å². The van der Waals surface area contributed by atoms with Crippen molar-refractivity contribution >= 4 is 11.8 Å². The number of amides is 2. The van der Waals surface area contributed by atoms with Gasteiger partial charge in [0.15, 0.2) is 0 Å². The van der Waals surface area contributed by atoms with Crippen LogP contribution in [0.15, 0.2) is 0 Å². The standard InChI is InChI=1S/C15H28N2O2/c1-10(2)8-9-17-12(18)11(14(3,4)5)16-13(19)15(17,6)7/h10-11H,8-9H2,1-7H3,(H,16,19). The Morgan fingerprint density at radius 2 is 1.79 bits per heavy atom. The maximum absolute atomic E-state index is 12.7. The van der Waals surface area contributed by atoms with Gasteiger partial charge in [0.1, 0.15) is 11.6 Å². The van der Waals surface area contributed by atoms with Crippen LogP contribution in [0.5, 0.6) is 0 Å². The molecule has 1 heterocycles. The van der Waals surface area contributed by atoms with Crippen molar-refractivity contribution in [1.82, 2.24) is 10.2 Å². The number of rotatable bonds is 3. The molecule has 0 aliphatic carbocycles. The van der Waals surface area contributed by atoms with Gasteiger partial charge in [-0.3, -0.25) is 9.59 Å². The Balaban J connectivity index is 3.00. The summed E-state index contributed by atoms with van der Waals surface area (Å²) in [6.45, 7) is 14.5. The van der Waals surface area contributed by atoms with E-state index >= 15 is 0 Å². The highest BCUT2D eigenvalue weighted by Gasteiger charge is 2.49. The van der Waals surface area contributed by atoms with E-state index in [-0.39, 0.29) is 17.2 Å². The average Bonchev–Trinajstić information content (AvgIpc) is 2.21. The van der Waals surface area contributed by atoms with E-state index in [0.29, 0.717) is 12.5 Å². The quantitative estimate of drug-likeness (QED) is 0.853. The first kappa shape index (κ1) is 16.0. The van der Waals surface area contributed by atoms with Crippen LogP contribution in [0.1, 0.15) is 54.9 Å². The summed E-state index contributed by atoms with van der Waals surface area (Å²) < 4.78 is 0. The van der Waals surface area contributed by atoms with E-state index in [0.717, 1.165) is 6.42 Å². The largest absolute Gasteiger partial charge is 0.342 e. The molecule has 4 heteroatoms. The van der Waals surface area contributed by atoms with Crippen molar-refractivity contribution in [2.75, 3.05) is 6.54 Å². The smallest absolute Gasteiger partial charge is 0.246 e. The normalized spacial score (nSPS) is 23.8. The van der Waals surface area contributed by atoms with Gasteiger partial charge in [-0.05, 0) is 31.6 Å². The molecule has 110 valence electrons. The van der Waals surface area contributed by atoms with Gasteiger partial charge in [-0.15, -0.1) is 0 Å². The van der Waals surface area contributed by atoms with E-state index in [1.165, 1.54) is 0 Å². The summed E-state index contributed by atoms with van der Waals surface area (Å²) in [5, 5.41) is 2.88. The summed E-state index contributed by atoms with van der Waals surface area (Å²) in [7, 11) is 0. The molecular weight excluding hydrogens is 240 g/mol. The molecule has 2 amide bonds. The second-order valence-electron chi connectivity index (χ2n) is 7.50. The summed E-state index contributed by atoms with van der Waals surface area (Å²) in [5.74, 6) is 0.496. The first-order valence-electron chi connectivity index (χ1n) is 7.10. The van der Waals surface area contributed by atoms with Crippen molar-refractivity contribution in [2.45, 2.75) is 66.5 Å². The van der Waals surface area contributed by atoms with Crippen molar-refractivity contribution in [1.29, 1.82) is 0 Å². The SMILES string of the molecule is CC(C)CCN1C(=O)C(C(C)(C)C)NC(=O)C1(C)C. The van der Waals surface area contributed by atoms with Crippen LogP contribution >= 0.6 is 0 Å². The molecule has 0 aromatic heterocycles. The molecule has 4 nitrogen and oxygen atoms in total. The molecule has 1 unspecified atom stereocenters. The summed E-state index contributed by atoms with van der Waals surface area (Å²) in [6, 6.07) is -0.430. The minimum atomic E-state index is -0.756. The first-order chi connectivity index (χ1) is 8.48. The highest BCUT2D eigenvalue weighted by atomic mass is 16.2. The Morgan fingerprint density at radius 1 is 1.26 bits per heavy atom. The molecule has 1 fully saturated rings. The van der Waals surface area contributed by atoms with Crippen LogP contribution in [0.25, 0.3) is 0 Å². The zero-order valence-corrected chi connectivity index (χ0v) is 13.3. The van der Waals surface area contributed by atoms with Gasteiger partial charge in [0.2, 0.25) is 11.8 Å². The molecule has 19 heavy (non-hydrogen) atoms. The van der Waals surface area contributed by atoms with Gasteiger partial charge >= 0.3 is 0 Å². The molecular formula is C15H28N2O2. The molecule has 1 aliphatic rings. The molecule has 0 aromatic rings. The summed E-state index contributed by atoms with van der Waals surface area (Å²) >= 11 is 0. The fourth-order valence-electron chi connectivity index (χ4n) is 2.29. The van der Waals surface area contributed by atoms with Gasteiger partial charge < -0.3 is 10.2 Å². The molecule has 1 saturated heterocycles. The van der Waals surface area contributed by atoms with Gasteiger partial charge in [-0.1, -0.05) is 34.6 Å². The Hall–Kier alpha value is -1.06. The molecule has 0 saturated carbocycles. The third kappa shape index (κ3) is 3.28. The monoisotopic (exact) mass is 268 g/mol. The summed E-state index contributed by atoms with van der Waals surface area (Å²) in [5.41, 5.74) is -1.02. The molecule has 0 bridgehead atoms. The van der Waals surface area contributed by atoms with Gasteiger partial charge in [-0.25, -0.2) is 0 Å². The minimum absolute atomic E-state index is 0.0396. The zero-order chi connectivity index (χ0) is 15.0. The van der Waals surface area contributed by atoms with Crippen LogP contribution < -0.4 is 5.32 Å². The van der Waals surface area contributed by atoms with Crippen LogP contribution in [0, 0.1) is 11.3 Å². The third-order valence-corrected chi connectivity index (χ3v) is 3.81. The summed E-state index contributed by atoms with van der Waals surface area (Å²) in [6.07, 6.45) is 0.916. The van der Waals surface area contributed by atoms with E-state index in [1.54, 1.807) is 4.90 Å². The lowest BCUT2D eigenvalue weighted by atomic mass is 9.81. The molecule has 1 rings (SSSR count). The Kier molecular flexibility index (Phi) is 4.33. The maximum atomic E-state index is 12.7. The molecule has 0 aromatic carbocycles. The summed E-state index contributed by atoms with van der Waals surface area (Å²) in [4.78, 5) is 26.7. The highest BCUT2D eigenvalue weighted by Crippen LogP contribution is 2.29. The molecule has 1 aliphatic heterocycles. The van der Waals surface area contributed by atoms with Gasteiger partial charge in [0.25, 0.3) is 0 Å². The lowest BCUT2D eigenvalue weighted by Crippen LogP contribution is -2.70. The number of nitrogens with zero attached hydrogens (tertiary/aromatic N) is 1. The Morgan fingerprint density at radius 3 is 2.21 bits per heavy atom. The number of carbonyl (C=O) groups is 2. The van der Waals surface area contributed by atoms with Crippen LogP contribution in [0.4, 0.5) is 0 Å². The Bertz CT molecular complexity index is 367. The topological polar surface area (TPSA) is 49.4 Å². The van der Waals surface area contributed by atoms with Gasteiger partial charge in [0, 0.05) is 6.54 Å². The average molecular weight is 268 g/mol. The highest BCUT2D eigenvalue weighted by molar-refractivity contribution is 5.99. The van der Waals surface area contributed by atoms with Gasteiger partial charge in [-0.2, -0.15) is 0 Å². The van der Waals surface area contributed by atoms with E-state index in [9.17, 15) is 9.59 Å². The van der Waals surface area contributed by atoms with Crippen LogP contribution in [0.3, 0.4) is 0 Å². The van der Waals surface area contributed by atoms with Gasteiger partial charge in [0.05, 0.1) is 0 Å². The van der Waals surface area contributed by atoms with Crippen LogP contribution in [-0.2, 0) is 9.59 Å². The number of carbonyl (C=O) groups excluding carboxylic acids is 2. The predicted octanol–water partition coefficient (Wildman–Crippen LogP) is 2.18. The minimum Gasteiger partial charge on any atom is -0.342 e. The molecule has 1 atom stereocenters. The number of hydrogen-bond acceptors (Lipinski definition) is 2. The Labute approximate surface area is 116 Å². The van der Waals surface area contributed by atoms with Crippen molar-refractivity contribution in [3.63, 3.8) is 0 Å². The van der Waals surface area contributed by atoms with Crippen molar-refractivity contribution in [3.05, 3.63) is 0 Å². The number of piperazine rings is 1. The number of nitrogens with one attached hydrogen (secondary N) is 1. The lowest BCUT2D eigenvalue weighted by molar-refractivity contribution is -0.158. The van der Waals surface area contributed by atoms with E-state index < -0.39 is 11.6 Å². The van der Waals surface area contributed by atoms with Crippen LogP contribution in [0.2, 0.25) is 0 Å². The fraction of sp³-hybridized carbons (Fsp3) is 0.867. The number of hydrogen-bond donors (Lipinski definition) is 1. The second-order valence-corrected chi connectivity index (χ2v) is 7.50. The molecule has 1 N–H and O–H groups in total. The molecule has 0 spiro atoms. The predicted molar refractivity (Wildman–Crippen MR) is 76.6 cm³/mol. The second kappa shape index (κ2) is 5.14. The van der Waals surface area contributed by atoms with Crippen molar-refractivity contribution < 1.29 is 9.59 Å². The third-order valence-electron chi connectivity index (χ3n) is 3.81. The fourth-order valence-corrected chi connectivity index (χ4v) is 2.29.